The third-order valence-corrected chi connectivity index (χ3v) is 6.44. The van der Waals surface area contributed by atoms with Crippen LogP contribution in [0.2, 0.25) is 0 Å². The van der Waals surface area contributed by atoms with E-state index in [1.54, 1.807) is 54.0 Å². The van der Waals surface area contributed by atoms with Crippen molar-refractivity contribution in [1.29, 1.82) is 0 Å². The number of carbonyl (C=O) groups is 2. The number of halogens is 1. The van der Waals surface area contributed by atoms with E-state index >= 15 is 0 Å². The summed E-state index contributed by atoms with van der Waals surface area (Å²) < 4.78 is 15.0. The lowest BCUT2D eigenvalue weighted by atomic mass is 10.0. The Morgan fingerprint density at radius 3 is 2.57 bits per heavy atom. The van der Waals surface area contributed by atoms with Gasteiger partial charge in [0.15, 0.2) is 0 Å². The highest BCUT2D eigenvalue weighted by molar-refractivity contribution is 7.98. The number of rotatable bonds is 11. The Hall–Kier alpha value is -3.92. The van der Waals surface area contributed by atoms with E-state index in [2.05, 4.69) is 22.0 Å². The molecule has 0 saturated carbocycles. The van der Waals surface area contributed by atoms with Gasteiger partial charge in [-0.2, -0.15) is 5.10 Å². The Kier molecular flexibility index (Phi) is 9.24. The summed E-state index contributed by atoms with van der Waals surface area (Å²) in [5.74, 6) is -0.488. The van der Waals surface area contributed by atoms with E-state index in [0.29, 0.717) is 34.8 Å². The Bertz CT molecular complexity index is 1320. The standard InChI is InChI=1S/C27H31FN6O2S/c1-6-20(21-15-30-34(23(21)8-3)19-11-9-18(28)10-12-19)27(36)31-22(7-2)17-13-25(32-26(14-17)37-5)33(4)16-24(29)35/h6,8-15,22H,3,7,16H2,1-2,4-5H3,(H2,29,35)(H,31,36)/b20-6+. The maximum absolute atomic E-state index is 13.5. The van der Waals surface area contributed by atoms with E-state index in [4.69, 9.17) is 5.73 Å². The smallest absolute Gasteiger partial charge is 0.252 e. The number of amides is 2. The van der Waals surface area contributed by atoms with Crippen molar-refractivity contribution in [1.82, 2.24) is 20.1 Å². The fraction of sp³-hybridized carbons (Fsp3) is 0.259. The van der Waals surface area contributed by atoms with Crippen molar-refractivity contribution in [3.8, 4) is 5.69 Å². The molecule has 1 unspecified atom stereocenters. The molecule has 194 valence electrons. The van der Waals surface area contributed by atoms with E-state index in [9.17, 15) is 14.0 Å². The number of aromatic nitrogens is 3. The third kappa shape index (κ3) is 6.45. The number of nitrogens with one attached hydrogen (secondary N) is 1. The minimum Gasteiger partial charge on any atom is -0.368 e. The monoisotopic (exact) mass is 522 g/mol. The maximum atomic E-state index is 13.5. The van der Waals surface area contributed by atoms with E-state index < -0.39 is 5.91 Å². The molecule has 37 heavy (non-hydrogen) atoms. The van der Waals surface area contributed by atoms with Crippen LogP contribution in [0, 0.1) is 5.82 Å². The predicted octanol–water partition coefficient (Wildman–Crippen LogP) is 4.36. The summed E-state index contributed by atoms with van der Waals surface area (Å²) in [5, 5.41) is 8.31. The van der Waals surface area contributed by atoms with Crippen LogP contribution in [0.3, 0.4) is 0 Å². The Labute approximate surface area is 220 Å². The first-order valence-electron chi connectivity index (χ1n) is 11.7. The molecular weight excluding hydrogens is 491 g/mol. The first-order chi connectivity index (χ1) is 17.7. The van der Waals surface area contributed by atoms with Crippen LogP contribution < -0.4 is 16.0 Å². The molecule has 0 bridgehead atoms. The Morgan fingerprint density at radius 2 is 2.00 bits per heavy atom. The van der Waals surface area contributed by atoms with Crippen molar-refractivity contribution < 1.29 is 14.0 Å². The normalized spacial score (nSPS) is 12.2. The number of carbonyl (C=O) groups excluding carboxylic acids is 2. The van der Waals surface area contributed by atoms with Crippen molar-refractivity contribution in [3.63, 3.8) is 0 Å². The molecule has 1 atom stereocenters. The molecule has 1 aromatic carbocycles. The molecule has 0 radical (unpaired) electrons. The van der Waals surface area contributed by atoms with Gasteiger partial charge in [-0.3, -0.25) is 9.59 Å². The summed E-state index contributed by atoms with van der Waals surface area (Å²) >= 11 is 1.47. The second kappa shape index (κ2) is 12.4. The number of primary amides is 1. The SMILES string of the molecule is C=Cc1c(/C(=C\C)C(=O)NC(CC)c2cc(SC)nc(N(C)CC(N)=O)c2)cnn1-c1ccc(F)cc1. The summed E-state index contributed by atoms with van der Waals surface area (Å²) in [4.78, 5) is 31.2. The number of likely N-dealkylation sites (N-methyl/N-ethyl adjacent to an activating group) is 1. The quantitative estimate of drug-likeness (QED) is 0.286. The van der Waals surface area contributed by atoms with Gasteiger partial charge in [0, 0.05) is 18.2 Å². The number of hydrogen-bond donors (Lipinski definition) is 2. The minimum atomic E-state index is -0.460. The Morgan fingerprint density at radius 1 is 1.30 bits per heavy atom. The van der Waals surface area contributed by atoms with Gasteiger partial charge in [-0.1, -0.05) is 19.6 Å². The molecule has 3 rings (SSSR count). The average Bonchev–Trinajstić information content (AvgIpc) is 3.31. The number of anilines is 1. The third-order valence-electron chi connectivity index (χ3n) is 5.81. The van der Waals surface area contributed by atoms with Crippen molar-refractivity contribution in [2.75, 3.05) is 24.7 Å². The van der Waals surface area contributed by atoms with Crippen molar-refractivity contribution >= 4 is 41.0 Å². The van der Waals surface area contributed by atoms with Crippen LogP contribution >= 0.6 is 11.8 Å². The minimum absolute atomic E-state index is 0.0263. The molecule has 0 spiro atoms. The molecular formula is C27H31FN6O2S. The molecule has 8 nitrogen and oxygen atoms in total. The van der Waals surface area contributed by atoms with E-state index in [1.165, 1.54) is 23.9 Å². The van der Waals surface area contributed by atoms with Crippen molar-refractivity contribution in [3.05, 3.63) is 77.9 Å². The number of benzene rings is 1. The summed E-state index contributed by atoms with van der Waals surface area (Å²) in [7, 11) is 1.74. The van der Waals surface area contributed by atoms with Gasteiger partial charge in [-0.15, -0.1) is 11.8 Å². The van der Waals surface area contributed by atoms with Crippen LogP contribution in [0.25, 0.3) is 17.3 Å². The molecule has 2 amide bonds. The lowest BCUT2D eigenvalue weighted by Gasteiger charge is -2.22. The van der Waals surface area contributed by atoms with Gasteiger partial charge in [-0.25, -0.2) is 14.1 Å². The second-order valence-corrected chi connectivity index (χ2v) is 9.12. The summed E-state index contributed by atoms with van der Waals surface area (Å²) in [6.07, 6.45) is 7.49. The van der Waals surface area contributed by atoms with Gasteiger partial charge in [0.1, 0.15) is 11.6 Å². The molecule has 0 fully saturated rings. The summed E-state index contributed by atoms with van der Waals surface area (Å²) in [6.45, 7) is 7.68. The largest absolute Gasteiger partial charge is 0.368 e. The fourth-order valence-corrected chi connectivity index (χ4v) is 4.38. The molecule has 3 aromatic rings. The zero-order chi connectivity index (χ0) is 27.1. The number of nitrogens with zero attached hydrogens (tertiary/aromatic N) is 4. The van der Waals surface area contributed by atoms with Crippen LogP contribution in [0.4, 0.5) is 10.2 Å². The van der Waals surface area contributed by atoms with E-state index in [0.717, 1.165) is 10.6 Å². The second-order valence-electron chi connectivity index (χ2n) is 8.30. The zero-order valence-corrected chi connectivity index (χ0v) is 22.2. The van der Waals surface area contributed by atoms with Gasteiger partial charge in [0.25, 0.3) is 5.91 Å². The predicted molar refractivity (Wildman–Crippen MR) is 147 cm³/mol. The van der Waals surface area contributed by atoms with E-state index in [1.807, 2.05) is 25.3 Å². The lowest BCUT2D eigenvalue weighted by Crippen LogP contribution is -2.32. The van der Waals surface area contributed by atoms with Crippen LogP contribution in [-0.4, -0.2) is 46.4 Å². The first kappa shape index (κ1) is 27.7. The molecule has 0 aliphatic rings. The van der Waals surface area contributed by atoms with Gasteiger partial charge in [0.05, 0.1) is 35.2 Å². The number of allylic oxidation sites excluding steroid dienone is 1. The van der Waals surface area contributed by atoms with Gasteiger partial charge < -0.3 is 16.0 Å². The summed E-state index contributed by atoms with van der Waals surface area (Å²) in [6, 6.07) is 9.40. The molecule has 0 saturated heterocycles. The highest BCUT2D eigenvalue weighted by Gasteiger charge is 2.22. The highest BCUT2D eigenvalue weighted by atomic mass is 32.2. The number of pyridine rings is 1. The number of hydrogen-bond acceptors (Lipinski definition) is 6. The molecule has 10 heteroatoms. The lowest BCUT2D eigenvalue weighted by molar-refractivity contribution is -0.117. The summed E-state index contributed by atoms with van der Waals surface area (Å²) in [5.41, 5.74) is 8.53. The van der Waals surface area contributed by atoms with Crippen LogP contribution in [0.1, 0.15) is 43.1 Å². The van der Waals surface area contributed by atoms with Crippen LogP contribution in [-0.2, 0) is 9.59 Å². The number of thioether (sulfide) groups is 1. The van der Waals surface area contributed by atoms with E-state index in [-0.39, 0.29) is 24.3 Å². The fourth-order valence-electron chi connectivity index (χ4n) is 3.94. The van der Waals surface area contributed by atoms with Gasteiger partial charge >= 0.3 is 0 Å². The highest BCUT2D eigenvalue weighted by Crippen LogP contribution is 2.28. The zero-order valence-electron chi connectivity index (χ0n) is 21.4. The van der Waals surface area contributed by atoms with Crippen molar-refractivity contribution in [2.45, 2.75) is 31.3 Å². The molecule has 0 aliphatic heterocycles. The molecule has 0 aliphatic carbocycles. The van der Waals surface area contributed by atoms with Gasteiger partial charge in [-0.05, 0) is 67.6 Å². The maximum Gasteiger partial charge on any atom is 0.252 e. The average molecular weight is 523 g/mol. The molecule has 3 N–H and O–H groups in total. The van der Waals surface area contributed by atoms with Gasteiger partial charge in [0.2, 0.25) is 5.91 Å². The topological polar surface area (TPSA) is 106 Å². The number of nitrogens with two attached hydrogens (primary N) is 1. The van der Waals surface area contributed by atoms with Crippen LogP contribution in [0.15, 0.2) is 60.3 Å². The van der Waals surface area contributed by atoms with Crippen LogP contribution in [0.5, 0.6) is 0 Å². The Balaban J connectivity index is 1.92. The van der Waals surface area contributed by atoms with Crippen molar-refractivity contribution in [2.24, 2.45) is 5.73 Å². The first-order valence-corrected chi connectivity index (χ1v) is 12.9. The molecule has 2 heterocycles. The molecule has 2 aromatic heterocycles.